The van der Waals surface area contributed by atoms with Crippen LogP contribution in [0.1, 0.15) is 19.3 Å². The Hall–Kier alpha value is -1.34. The number of aliphatic hydroxyl groups excluding tert-OH is 1. The molecule has 0 aromatic rings. The average molecular weight is 259 g/mol. The summed E-state index contributed by atoms with van der Waals surface area (Å²) in [5.41, 5.74) is 0. The summed E-state index contributed by atoms with van der Waals surface area (Å²) in [7, 11) is 0. The van der Waals surface area contributed by atoms with E-state index in [4.69, 9.17) is 10.2 Å². The first-order chi connectivity index (χ1) is 8.59. The van der Waals surface area contributed by atoms with E-state index in [1.54, 1.807) is 0 Å². The third-order valence-corrected chi connectivity index (χ3v) is 2.90. The zero-order valence-electron chi connectivity index (χ0n) is 10.4. The molecule has 0 aromatic heterocycles. The Bertz CT molecular complexity index is 279. The predicted octanol–water partition coefficient (Wildman–Crippen LogP) is -0.783. The molecule has 1 saturated heterocycles. The molecule has 2 amide bonds. The molecule has 0 aliphatic carbocycles. The molecular formula is C11H21N3O4. The molecule has 1 aliphatic rings. The van der Waals surface area contributed by atoms with Crippen LogP contribution in [0.4, 0.5) is 4.79 Å². The van der Waals surface area contributed by atoms with Crippen molar-refractivity contribution < 1.29 is 19.8 Å². The second-order valence-corrected chi connectivity index (χ2v) is 4.39. The Kier molecular flexibility index (Phi) is 6.45. The number of rotatable bonds is 6. The molecule has 1 aliphatic heterocycles. The van der Waals surface area contributed by atoms with Crippen LogP contribution in [0.5, 0.6) is 0 Å². The monoisotopic (exact) mass is 259 g/mol. The molecule has 7 heteroatoms. The number of carbonyl (C=O) groups excluding carboxylic acids is 1. The summed E-state index contributed by atoms with van der Waals surface area (Å²) in [6.45, 7) is 3.18. The van der Waals surface area contributed by atoms with E-state index in [-0.39, 0.29) is 6.54 Å². The Morgan fingerprint density at radius 1 is 1.17 bits per heavy atom. The average Bonchev–Trinajstić information content (AvgIpc) is 2.37. The third kappa shape index (κ3) is 5.83. The van der Waals surface area contributed by atoms with Crippen molar-refractivity contribution in [2.24, 2.45) is 0 Å². The van der Waals surface area contributed by atoms with Crippen molar-refractivity contribution in [2.45, 2.75) is 25.4 Å². The van der Waals surface area contributed by atoms with E-state index in [9.17, 15) is 9.59 Å². The fraction of sp³-hybridized carbons (Fsp3) is 0.818. The number of aliphatic carboxylic acids is 1. The van der Waals surface area contributed by atoms with E-state index in [1.807, 2.05) is 0 Å². The summed E-state index contributed by atoms with van der Waals surface area (Å²) < 4.78 is 0. The van der Waals surface area contributed by atoms with Gasteiger partial charge in [-0.25, -0.2) is 9.59 Å². The van der Waals surface area contributed by atoms with Crippen molar-refractivity contribution in [1.29, 1.82) is 0 Å². The van der Waals surface area contributed by atoms with Gasteiger partial charge < -0.3 is 25.7 Å². The van der Waals surface area contributed by atoms with Crippen LogP contribution in [0, 0.1) is 0 Å². The number of hydrogen-bond acceptors (Lipinski definition) is 4. The van der Waals surface area contributed by atoms with Gasteiger partial charge in [-0.05, 0) is 25.9 Å². The number of urea groups is 1. The molecule has 0 unspecified atom stereocenters. The molecule has 1 fully saturated rings. The maximum atomic E-state index is 11.3. The maximum Gasteiger partial charge on any atom is 0.334 e. The minimum absolute atomic E-state index is 0.287. The topological polar surface area (TPSA) is 102 Å². The number of amides is 2. The number of carbonyl (C=O) groups is 2. The number of nitrogens with one attached hydrogen (secondary N) is 2. The number of nitrogens with zero attached hydrogens (tertiary/aromatic N) is 1. The van der Waals surface area contributed by atoms with E-state index in [0.717, 1.165) is 19.6 Å². The highest BCUT2D eigenvalue weighted by molar-refractivity contribution is 5.76. The highest BCUT2D eigenvalue weighted by Crippen LogP contribution is 2.07. The van der Waals surface area contributed by atoms with Crippen LogP contribution >= 0.6 is 0 Å². The van der Waals surface area contributed by atoms with Gasteiger partial charge in [0.2, 0.25) is 0 Å². The Morgan fingerprint density at radius 3 is 2.44 bits per heavy atom. The Labute approximate surface area is 106 Å². The van der Waals surface area contributed by atoms with Crippen molar-refractivity contribution in [3.8, 4) is 0 Å². The molecule has 0 aromatic carbocycles. The summed E-state index contributed by atoms with van der Waals surface area (Å²) in [4.78, 5) is 23.9. The van der Waals surface area contributed by atoms with Crippen LogP contribution in [-0.2, 0) is 4.79 Å². The van der Waals surface area contributed by atoms with E-state index in [0.29, 0.717) is 6.54 Å². The predicted molar refractivity (Wildman–Crippen MR) is 65.3 cm³/mol. The highest BCUT2D eigenvalue weighted by atomic mass is 16.4. The number of likely N-dealkylation sites (tertiary alicyclic amines) is 1. The van der Waals surface area contributed by atoms with Crippen molar-refractivity contribution in [2.75, 3.05) is 32.7 Å². The van der Waals surface area contributed by atoms with Gasteiger partial charge >= 0.3 is 12.0 Å². The highest BCUT2D eigenvalue weighted by Gasteiger charge is 2.14. The van der Waals surface area contributed by atoms with Gasteiger partial charge in [0.05, 0.1) is 6.54 Å². The van der Waals surface area contributed by atoms with Gasteiger partial charge in [0.15, 0.2) is 6.10 Å². The second kappa shape index (κ2) is 7.88. The largest absolute Gasteiger partial charge is 0.479 e. The van der Waals surface area contributed by atoms with Gasteiger partial charge in [0.1, 0.15) is 0 Å². The van der Waals surface area contributed by atoms with Gasteiger partial charge in [-0.3, -0.25) is 0 Å². The Balaban J connectivity index is 2.04. The van der Waals surface area contributed by atoms with Crippen molar-refractivity contribution in [3.63, 3.8) is 0 Å². The fourth-order valence-corrected chi connectivity index (χ4v) is 1.85. The van der Waals surface area contributed by atoms with Crippen LogP contribution < -0.4 is 10.6 Å². The molecule has 0 radical (unpaired) electrons. The molecular weight excluding hydrogens is 238 g/mol. The summed E-state index contributed by atoms with van der Waals surface area (Å²) >= 11 is 0. The van der Waals surface area contributed by atoms with Gasteiger partial charge in [0.25, 0.3) is 0 Å². The van der Waals surface area contributed by atoms with Gasteiger partial charge in [-0.2, -0.15) is 0 Å². The molecule has 0 saturated carbocycles. The van der Waals surface area contributed by atoms with E-state index in [1.165, 1.54) is 19.3 Å². The first-order valence-corrected chi connectivity index (χ1v) is 6.24. The van der Waals surface area contributed by atoms with Crippen LogP contribution in [0.2, 0.25) is 0 Å². The number of hydrogen-bond donors (Lipinski definition) is 4. The van der Waals surface area contributed by atoms with Crippen LogP contribution in [0.25, 0.3) is 0 Å². The molecule has 7 nitrogen and oxygen atoms in total. The number of carboxylic acid groups (broad SMARTS) is 1. The zero-order valence-corrected chi connectivity index (χ0v) is 10.4. The lowest BCUT2D eigenvalue weighted by Gasteiger charge is -2.26. The normalized spacial score (nSPS) is 18.1. The molecule has 104 valence electrons. The first kappa shape index (κ1) is 14.7. The number of carboxylic acids is 1. The van der Waals surface area contributed by atoms with Gasteiger partial charge in [-0.15, -0.1) is 0 Å². The van der Waals surface area contributed by atoms with Crippen molar-refractivity contribution >= 4 is 12.0 Å². The van der Waals surface area contributed by atoms with E-state index < -0.39 is 18.1 Å². The Morgan fingerprint density at radius 2 is 1.83 bits per heavy atom. The summed E-state index contributed by atoms with van der Waals surface area (Å²) in [5.74, 6) is -1.34. The fourth-order valence-electron chi connectivity index (χ4n) is 1.85. The van der Waals surface area contributed by atoms with Crippen molar-refractivity contribution in [3.05, 3.63) is 0 Å². The van der Waals surface area contributed by atoms with Gasteiger partial charge in [-0.1, -0.05) is 6.42 Å². The molecule has 1 atom stereocenters. The number of aliphatic hydroxyl groups is 1. The standard InChI is InChI=1S/C11H21N3O4/c15-9(10(16)17)8-13-11(18)12-4-7-14-5-2-1-3-6-14/h9,15H,1-8H2,(H,16,17)(H2,12,13,18)/t9-/m0/s1. The van der Waals surface area contributed by atoms with Gasteiger partial charge in [0, 0.05) is 13.1 Å². The summed E-state index contributed by atoms with van der Waals surface area (Å²) in [6, 6.07) is -0.452. The smallest absolute Gasteiger partial charge is 0.334 e. The molecule has 1 rings (SSSR count). The molecule has 18 heavy (non-hydrogen) atoms. The molecule has 0 spiro atoms. The minimum Gasteiger partial charge on any atom is -0.479 e. The van der Waals surface area contributed by atoms with Crippen LogP contribution in [0.3, 0.4) is 0 Å². The quantitative estimate of drug-likeness (QED) is 0.501. The zero-order chi connectivity index (χ0) is 13.4. The van der Waals surface area contributed by atoms with Crippen LogP contribution in [-0.4, -0.2) is 65.9 Å². The maximum absolute atomic E-state index is 11.3. The summed E-state index contributed by atoms with van der Waals surface area (Å²) in [6.07, 6.45) is 2.13. The second-order valence-electron chi connectivity index (χ2n) is 4.39. The van der Waals surface area contributed by atoms with E-state index >= 15 is 0 Å². The minimum atomic E-state index is -1.56. The third-order valence-electron chi connectivity index (χ3n) is 2.90. The first-order valence-electron chi connectivity index (χ1n) is 6.24. The molecule has 4 N–H and O–H groups in total. The molecule has 1 heterocycles. The van der Waals surface area contributed by atoms with Crippen molar-refractivity contribution in [1.82, 2.24) is 15.5 Å². The number of piperidine rings is 1. The summed E-state index contributed by atoms with van der Waals surface area (Å²) in [5, 5.41) is 22.3. The SMILES string of the molecule is O=C(NCCN1CCCCC1)NC[C@H](O)C(=O)O. The lowest BCUT2D eigenvalue weighted by atomic mass is 10.1. The van der Waals surface area contributed by atoms with Crippen LogP contribution in [0.15, 0.2) is 0 Å². The lowest BCUT2D eigenvalue weighted by molar-refractivity contribution is -0.146. The van der Waals surface area contributed by atoms with E-state index in [2.05, 4.69) is 15.5 Å². The molecule has 0 bridgehead atoms. The lowest BCUT2D eigenvalue weighted by Crippen LogP contribution is -2.44.